The molecule has 0 aromatic rings. The second kappa shape index (κ2) is 13.0. The maximum absolute atomic E-state index is 13.0. The van der Waals surface area contributed by atoms with Crippen molar-refractivity contribution in [3.8, 4) is 0 Å². The number of ether oxygens (including phenoxy) is 2. The average molecular weight is 516 g/mol. The Kier molecular flexibility index (Phi) is 11.1. The molecular weight excluding hydrogens is 466 g/mol. The first-order valence-electron chi connectivity index (χ1n) is 13.2. The molecule has 2 heterocycles. The zero-order valence-corrected chi connectivity index (χ0v) is 23.3. The van der Waals surface area contributed by atoms with Crippen molar-refractivity contribution < 1.29 is 34.4 Å². The Bertz CT molecular complexity index is 732. The van der Waals surface area contributed by atoms with Crippen molar-refractivity contribution in [2.24, 2.45) is 11.8 Å². The van der Waals surface area contributed by atoms with Crippen molar-refractivity contribution >= 4 is 11.8 Å². The number of hydrogen-bond acceptors (Lipinski definition) is 8. The molecule has 2 aliphatic heterocycles. The van der Waals surface area contributed by atoms with Crippen LogP contribution in [0.3, 0.4) is 0 Å². The molecule has 2 saturated heterocycles. The fourth-order valence-corrected chi connectivity index (χ4v) is 4.94. The highest BCUT2D eigenvalue weighted by Gasteiger charge is 2.44. The van der Waals surface area contributed by atoms with Crippen LogP contribution in [-0.2, 0) is 19.1 Å². The summed E-state index contributed by atoms with van der Waals surface area (Å²) in [6.07, 6.45) is -2.54. The van der Waals surface area contributed by atoms with Crippen LogP contribution in [0.2, 0.25) is 0 Å². The quantitative estimate of drug-likeness (QED) is 0.431. The zero-order chi connectivity index (χ0) is 27.4. The van der Waals surface area contributed by atoms with Crippen LogP contribution in [0.1, 0.15) is 66.7 Å². The lowest BCUT2D eigenvalue weighted by molar-refractivity contribution is -0.290. The monoisotopic (exact) mass is 515 g/mol. The first-order chi connectivity index (χ1) is 16.6. The van der Waals surface area contributed by atoms with Gasteiger partial charge in [0.1, 0.15) is 6.10 Å². The van der Waals surface area contributed by atoms with E-state index < -0.39 is 36.1 Å². The number of amides is 2. The standard InChI is InChI=1S/C26H49N3O7/c1-15(2)18-13-22(31)29(8)11-9-10-26(5,34)21(14-20(30)17(4)24(33)27-18)36-25-23(32)19(28(6)7)12-16(3)35-25/h15-21,23,25,30,32,34H,9-14H2,1-8H3,(H,27,33)/t16-,17-,18-,19+,20+,21-,23-,25+,26-/m1/s1. The molecule has 10 nitrogen and oxygen atoms in total. The van der Waals surface area contributed by atoms with Crippen LogP contribution >= 0.6 is 0 Å². The predicted molar refractivity (Wildman–Crippen MR) is 136 cm³/mol. The van der Waals surface area contributed by atoms with Gasteiger partial charge in [-0.25, -0.2) is 0 Å². The van der Waals surface area contributed by atoms with E-state index in [0.29, 0.717) is 25.8 Å². The number of likely N-dealkylation sites (N-methyl/N-ethyl adjacent to an activating group) is 1. The lowest BCUT2D eigenvalue weighted by atomic mass is 9.86. The molecule has 2 rings (SSSR count). The van der Waals surface area contributed by atoms with Gasteiger partial charge in [-0.3, -0.25) is 9.59 Å². The molecule has 4 N–H and O–H groups in total. The fraction of sp³-hybridized carbons (Fsp3) is 0.923. The van der Waals surface area contributed by atoms with Crippen molar-refractivity contribution in [3.63, 3.8) is 0 Å². The van der Waals surface area contributed by atoms with Gasteiger partial charge < -0.3 is 39.9 Å². The number of rotatable bonds is 4. The number of hydrogen-bond donors (Lipinski definition) is 4. The first-order valence-corrected chi connectivity index (χ1v) is 13.2. The maximum Gasteiger partial charge on any atom is 0.225 e. The van der Waals surface area contributed by atoms with E-state index in [1.165, 1.54) is 0 Å². The molecule has 2 aliphatic rings. The smallest absolute Gasteiger partial charge is 0.225 e. The van der Waals surface area contributed by atoms with Gasteiger partial charge in [-0.1, -0.05) is 20.8 Å². The molecular formula is C26H49N3O7. The third-order valence-corrected chi connectivity index (χ3v) is 7.84. The van der Waals surface area contributed by atoms with Crippen LogP contribution in [0, 0.1) is 11.8 Å². The van der Waals surface area contributed by atoms with Gasteiger partial charge >= 0.3 is 0 Å². The summed E-state index contributed by atoms with van der Waals surface area (Å²) in [5.74, 6) is -1.21. The van der Waals surface area contributed by atoms with E-state index in [9.17, 15) is 24.9 Å². The van der Waals surface area contributed by atoms with Crippen molar-refractivity contribution in [1.82, 2.24) is 15.1 Å². The highest BCUT2D eigenvalue weighted by atomic mass is 16.7. The highest BCUT2D eigenvalue weighted by Crippen LogP contribution is 2.31. The van der Waals surface area contributed by atoms with Crippen LogP contribution in [0.15, 0.2) is 0 Å². The molecule has 36 heavy (non-hydrogen) atoms. The number of nitrogens with zero attached hydrogens (tertiary/aromatic N) is 2. The average Bonchev–Trinajstić information content (AvgIpc) is 2.78. The van der Waals surface area contributed by atoms with Crippen LogP contribution in [0.5, 0.6) is 0 Å². The van der Waals surface area contributed by atoms with Crippen LogP contribution in [-0.4, -0.2) is 113 Å². The summed E-state index contributed by atoms with van der Waals surface area (Å²) in [5.41, 5.74) is -1.40. The van der Waals surface area contributed by atoms with Gasteiger partial charge in [-0.05, 0) is 53.1 Å². The van der Waals surface area contributed by atoms with Gasteiger partial charge in [0.25, 0.3) is 0 Å². The summed E-state index contributed by atoms with van der Waals surface area (Å²) in [5, 5.41) is 36.4. The Morgan fingerprint density at radius 3 is 2.42 bits per heavy atom. The molecule has 0 unspecified atom stereocenters. The van der Waals surface area contributed by atoms with Gasteiger partial charge in [0.05, 0.1) is 29.8 Å². The molecule has 0 aliphatic carbocycles. The van der Waals surface area contributed by atoms with Crippen LogP contribution in [0.4, 0.5) is 0 Å². The minimum Gasteiger partial charge on any atom is -0.392 e. The van der Waals surface area contributed by atoms with E-state index in [-0.39, 0.29) is 48.8 Å². The van der Waals surface area contributed by atoms with E-state index in [1.807, 2.05) is 39.8 Å². The second-order valence-corrected chi connectivity index (χ2v) is 11.6. The summed E-state index contributed by atoms with van der Waals surface area (Å²) < 4.78 is 12.1. The van der Waals surface area contributed by atoms with Crippen molar-refractivity contribution in [3.05, 3.63) is 0 Å². The Morgan fingerprint density at radius 1 is 1.19 bits per heavy atom. The molecule has 2 fully saturated rings. The second-order valence-electron chi connectivity index (χ2n) is 11.6. The zero-order valence-electron chi connectivity index (χ0n) is 23.3. The van der Waals surface area contributed by atoms with Crippen LogP contribution < -0.4 is 5.32 Å². The van der Waals surface area contributed by atoms with Gasteiger partial charge in [0.15, 0.2) is 6.29 Å². The number of carbonyl (C=O) groups excluding carboxylic acids is 2. The number of carbonyl (C=O) groups is 2. The molecule has 9 atom stereocenters. The van der Waals surface area contributed by atoms with Gasteiger partial charge in [-0.2, -0.15) is 0 Å². The fourth-order valence-electron chi connectivity index (χ4n) is 4.94. The van der Waals surface area contributed by atoms with Gasteiger partial charge in [0.2, 0.25) is 11.8 Å². The van der Waals surface area contributed by atoms with E-state index in [0.717, 1.165) is 0 Å². The number of aliphatic hydroxyl groups excluding tert-OH is 2. The Balaban J connectivity index is 2.31. The minimum absolute atomic E-state index is 0.0176. The van der Waals surface area contributed by atoms with Crippen molar-refractivity contribution in [2.75, 3.05) is 27.7 Å². The predicted octanol–water partition coefficient (Wildman–Crippen LogP) is 0.719. The largest absolute Gasteiger partial charge is 0.392 e. The Morgan fingerprint density at radius 2 is 1.83 bits per heavy atom. The van der Waals surface area contributed by atoms with Gasteiger partial charge in [0, 0.05) is 38.5 Å². The van der Waals surface area contributed by atoms with Crippen molar-refractivity contribution in [1.29, 1.82) is 0 Å². The number of aliphatic hydroxyl groups is 3. The van der Waals surface area contributed by atoms with Crippen molar-refractivity contribution in [2.45, 2.75) is 115 Å². The van der Waals surface area contributed by atoms with E-state index >= 15 is 0 Å². The Hall–Kier alpha value is -1.30. The van der Waals surface area contributed by atoms with Crippen LogP contribution in [0.25, 0.3) is 0 Å². The minimum atomic E-state index is -1.40. The topological polar surface area (TPSA) is 132 Å². The van der Waals surface area contributed by atoms with E-state index in [2.05, 4.69) is 5.32 Å². The number of nitrogens with one attached hydrogen (secondary N) is 1. The molecule has 10 heteroatoms. The van der Waals surface area contributed by atoms with E-state index in [1.54, 1.807) is 25.8 Å². The summed E-state index contributed by atoms with van der Waals surface area (Å²) in [6, 6.07) is -0.542. The molecule has 0 saturated carbocycles. The van der Waals surface area contributed by atoms with E-state index in [4.69, 9.17) is 9.47 Å². The molecule has 0 radical (unpaired) electrons. The lowest BCUT2D eigenvalue weighted by Crippen LogP contribution is -2.57. The molecule has 0 aromatic heterocycles. The SMILES string of the molecule is CC(C)[C@H]1CC(=O)N(C)CCC[C@@](C)(O)[C@H](O[C@@H]2O[C@H](C)C[C@H](N(C)C)[C@H]2O)C[C@H](O)[C@@H](C)C(=O)N1. The molecule has 0 aromatic carbocycles. The molecule has 0 bridgehead atoms. The molecule has 0 spiro atoms. The lowest BCUT2D eigenvalue weighted by Gasteiger charge is -2.44. The van der Waals surface area contributed by atoms with Gasteiger partial charge in [-0.15, -0.1) is 0 Å². The summed E-state index contributed by atoms with van der Waals surface area (Å²) in [7, 11) is 5.48. The molecule has 210 valence electrons. The molecule has 2 amide bonds. The summed E-state index contributed by atoms with van der Waals surface area (Å²) in [4.78, 5) is 29.3. The normalized spacial score (nSPS) is 40.3. The highest BCUT2D eigenvalue weighted by molar-refractivity contribution is 5.81. The Labute approximate surface area is 216 Å². The maximum atomic E-state index is 13.0. The summed E-state index contributed by atoms with van der Waals surface area (Å²) >= 11 is 0. The summed E-state index contributed by atoms with van der Waals surface area (Å²) in [6.45, 7) is 9.48. The first kappa shape index (κ1) is 30.9. The third-order valence-electron chi connectivity index (χ3n) is 7.84. The third kappa shape index (κ3) is 8.10.